The molecule has 1 aromatic heterocycles. The molecule has 0 bridgehead atoms. The van der Waals surface area contributed by atoms with Crippen LogP contribution in [-0.2, 0) is 0 Å². The molecule has 0 aliphatic carbocycles. The molecule has 3 heteroatoms. The lowest BCUT2D eigenvalue weighted by Crippen LogP contribution is -2.11. The van der Waals surface area contributed by atoms with E-state index >= 15 is 0 Å². The molecule has 36 heavy (non-hydrogen) atoms. The molecule has 172 valence electrons. The normalized spacial score (nSPS) is 10.8. The highest BCUT2D eigenvalue weighted by atomic mass is 15.2. The standard InChI is InChI=1S/C33H25N3/c1-5-13-27(14-6-1)35(28-15-7-2-8-16-28)31-22-23-32-26(25-31)21-24-33(34-32)36(29-17-9-3-10-18-29)30-19-11-4-12-20-30/h1-25H. The van der Waals surface area contributed by atoms with Gasteiger partial charge in [-0.3, -0.25) is 4.90 Å². The summed E-state index contributed by atoms with van der Waals surface area (Å²) in [4.78, 5) is 9.54. The van der Waals surface area contributed by atoms with Crippen molar-refractivity contribution in [3.8, 4) is 0 Å². The third kappa shape index (κ3) is 4.30. The largest absolute Gasteiger partial charge is 0.310 e. The molecule has 1 heterocycles. The van der Waals surface area contributed by atoms with Crippen molar-refractivity contribution in [2.75, 3.05) is 9.80 Å². The van der Waals surface area contributed by atoms with Gasteiger partial charge in [0.05, 0.1) is 5.52 Å². The van der Waals surface area contributed by atoms with E-state index in [4.69, 9.17) is 4.98 Å². The lowest BCUT2D eigenvalue weighted by molar-refractivity contribution is 1.21. The van der Waals surface area contributed by atoms with Gasteiger partial charge in [-0.1, -0.05) is 72.8 Å². The van der Waals surface area contributed by atoms with Crippen LogP contribution in [0.25, 0.3) is 10.9 Å². The van der Waals surface area contributed by atoms with Crippen molar-refractivity contribution in [3.63, 3.8) is 0 Å². The Labute approximate surface area is 211 Å². The number of aromatic nitrogens is 1. The first-order valence-electron chi connectivity index (χ1n) is 12.1. The zero-order valence-electron chi connectivity index (χ0n) is 19.8. The molecule has 0 amide bonds. The summed E-state index contributed by atoms with van der Waals surface area (Å²) in [6.07, 6.45) is 0. The number of rotatable bonds is 6. The van der Waals surface area contributed by atoms with E-state index in [1.54, 1.807) is 0 Å². The van der Waals surface area contributed by atoms with Gasteiger partial charge in [0, 0.05) is 33.8 Å². The maximum atomic E-state index is 5.08. The fourth-order valence-corrected chi connectivity index (χ4v) is 4.53. The van der Waals surface area contributed by atoms with Crippen LogP contribution in [0.15, 0.2) is 152 Å². The molecule has 0 unspecified atom stereocenters. The Balaban J connectivity index is 1.44. The monoisotopic (exact) mass is 463 g/mol. The number of benzene rings is 5. The van der Waals surface area contributed by atoms with Crippen LogP contribution in [0.4, 0.5) is 34.3 Å². The van der Waals surface area contributed by atoms with E-state index in [9.17, 15) is 0 Å². The average Bonchev–Trinajstić information content (AvgIpc) is 2.96. The third-order valence-corrected chi connectivity index (χ3v) is 6.20. The lowest BCUT2D eigenvalue weighted by Gasteiger charge is -2.26. The smallest absolute Gasteiger partial charge is 0.138 e. The van der Waals surface area contributed by atoms with Gasteiger partial charge in [-0.05, 0) is 78.9 Å². The first-order chi connectivity index (χ1) is 17.9. The van der Waals surface area contributed by atoms with Gasteiger partial charge < -0.3 is 4.90 Å². The average molecular weight is 464 g/mol. The Hall–Kier alpha value is -4.89. The molecule has 5 aromatic carbocycles. The van der Waals surface area contributed by atoms with E-state index < -0.39 is 0 Å². The van der Waals surface area contributed by atoms with E-state index in [-0.39, 0.29) is 0 Å². The zero-order valence-corrected chi connectivity index (χ0v) is 19.8. The Morgan fingerprint density at radius 2 is 0.806 bits per heavy atom. The molecular weight excluding hydrogens is 438 g/mol. The first kappa shape index (κ1) is 21.6. The number of pyridine rings is 1. The minimum Gasteiger partial charge on any atom is -0.310 e. The van der Waals surface area contributed by atoms with E-state index in [1.807, 2.05) is 24.3 Å². The summed E-state index contributed by atoms with van der Waals surface area (Å²) >= 11 is 0. The van der Waals surface area contributed by atoms with Crippen LogP contribution in [-0.4, -0.2) is 4.98 Å². The van der Waals surface area contributed by atoms with Crippen LogP contribution in [0.5, 0.6) is 0 Å². The molecule has 0 fully saturated rings. The van der Waals surface area contributed by atoms with Gasteiger partial charge in [0.15, 0.2) is 0 Å². The summed E-state index contributed by atoms with van der Waals surface area (Å²) in [6, 6.07) is 52.4. The highest BCUT2D eigenvalue weighted by Crippen LogP contribution is 2.37. The number of fused-ring (bicyclic) bond motifs is 1. The van der Waals surface area contributed by atoms with Gasteiger partial charge in [0.1, 0.15) is 5.82 Å². The molecule has 0 spiro atoms. The van der Waals surface area contributed by atoms with Gasteiger partial charge in [-0.2, -0.15) is 0 Å². The first-order valence-corrected chi connectivity index (χ1v) is 12.1. The van der Waals surface area contributed by atoms with Gasteiger partial charge in [0.2, 0.25) is 0 Å². The van der Waals surface area contributed by atoms with Crippen molar-refractivity contribution in [1.82, 2.24) is 4.98 Å². The van der Waals surface area contributed by atoms with Crippen molar-refractivity contribution >= 4 is 45.2 Å². The Morgan fingerprint density at radius 1 is 0.361 bits per heavy atom. The molecule has 0 atom stereocenters. The molecule has 0 radical (unpaired) electrons. The SMILES string of the molecule is c1ccc(N(c2ccccc2)c2ccc3nc(N(c4ccccc4)c4ccccc4)ccc3c2)cc1. The number of anilines is 6. The Bertz CT molecular complexity index is 1370. The summed E-state index contributed by atoms with van der Waals surface area (Å²) in [5, 5.41) is 1.09. The molecule has 6 aromatic rings. The zero-order chi connectivity index (χ0) is 24.2. The van der Waals surface area contributed by atoms with Crippen molar-refractivity contribution in [1.29, 1.82) is 0 Å². The summed E-state index contributed by atoms with van der Waals surface area (Å²) in [5.74, 6) is 0.885. The minimum atomic E-state index is 0.885. The highest BCUT2D eigenvalue weighted by molar-refractivity contribution is 5.89. The number of hydrogen-bond acceptors (Lipinski definition) is 3. The lowest BCUT2D eigenvalue weighted by atomic mass is 10.1. The summed E-state index contributed by atoms with van der Waals surface area (Å²) in [5.41, 5.74) is 6.43. The second-order valence-electron chi connectivity index (χ2n) is 8.56. The predicted molar refractivity (Wildman–Crippen MR) is 151 cm³/mol. The van der Waals surface area contributed by atoms with Crippen molar-refractivity contribution in [3.05, 3.63) is 152 Å². The second kappa shape index (κ2) is 9.77. The Morgan fingerprint density at radius 3 is 1.28 bits per heavy atom. The van der Waals surface area contributed by atoms with E-state index in [0.29, 0.717) is 0 Å². The molecular formula is C33H25N3. The van der Waals surface area contributed by atoms with Gasteiger partial charge >= 0.3 is 0 Å². The minimum absolute atomic E-state index is 0.885. The van der Waals surface area contributed by atoms with E-state index in [0.717, 1.165) is 45.2 Å². The third-order valence-electron chi connectivity index (χ3n) is 6.20. The Kier molecular flexibility index (Phi) is 5.87. The van der Waals surface area contributed by atoms with Crippen LogP contribution < -0.4 is 9.80 Å². The van der Waals surface area contributed by atoms with Crippen LogP contribution in [0.3, 0.4) is 0 Å². The molecule has 0 aliphatic rings. The fourth-order valence-electron chi connectivity index (χ4n) is 4.53. The van der Waals surface area contributed by atoms with E-state index in [1.165, 1.54) is 0 Å². The van der Waals surface area contributed by atoms with E-state index in [2.05, 4.69) is 137 Å². The quantitative estimate of drug-likeness (QED) is 0.245. The van der Waals surface area contributed by atoms with Crippen LogP contribution in [0.1, 0.15) is 0 Å². The number of para-hydroxylation sites is 4. The summed E-state index contributed by atoms with van der Waals surface area (Å²) in [6.45, 7) is 0. The molecule has 0 saturated heterocycles. The summed E-state index contributed by atoms with van der Waals surface area (Å²) < 4.78 is 0. The van der Waals surface area contributed by atoms with Crippen molar-refractivity contribution in [2.45, 2.75) is 0 Å². The second-order valence-corrected chi connectivity index (χ2v) is 8.56. The maximum absolute atomic E-state index is 5.08. The van der Waals surface area contributed by atoms with Gasteiger partial charge in [-0.15, -0.1) is 0 Å². The molecule has 6 rings (SSSR count). The fraction of sp³-hybridized carbons (Fsp3) is 0. The molecule has 0 saturated carbocycles. The van der Waals surface area contributed by atoms with Crippen LogP contribution >= 0.6 is 0 Å². The van der Waals surface area contributed by atoms with Crippen molar-refractivity contribution < 1.29 is 0 Å². The molecule has 0 aliphatic heterocycles. The van der Waals surface area contributed by atoms with Crippen LogP contribution in [0.2, 0.25) is 0 Å². The molecule has 3 nitrogen and oxygen atoms in total. The van der Waals surface area contributed by atoms with Gasteiger partial charge in [-0.25, -0.2) is 4.98 Å². The maximum Gasteiger partial charge on any atom is 0.138 e. The van der Waals surface area contributed by atoms with Gasteiger partial charge in [0.25, 0.3) is 0 Å². The summed E-state index contributed by atoms with van der Waals surface area (Å²) in [7, 11) is 0. The van der Waals surface area contributed by atoms with Crippen molar-refractivity contribution in [2.24, 2.45) is 0 Å². The topological polar surface area (TPSA) is 19.4 Å². The molecule has 0 N–H and O–H groups in total. The van der Waals surface area contributed by atoms with Crippen LogP contribution in [0, 0.1) is 0 Å². The predicted octanol–water partition coefficient (Wildman–Crippen LogP) is 9.17. The number of hydrogen-bond donors (Lipinski definition) is 0. The number of nitrogens with zero attached hydrogens (tertiary/aromatic N) is 3. The highest BCUT2D eigenvalue weighted by Gasteiger charge is 2.16.